The zero-order valence-corrected chi connectivity index (χ0v) is 11.0. The van der Waals surface area contributed by atoms with Crippen molar-refractivity contribution in [1.82, 2.24) is 0 Å². The lowest BCUT2D eigenvalue weighted by Crippen LogP contribution is -2.00. The van der Waals surface area contributed by atoms with E-state index in [-0.39, 0.29) is 5.63 Å². The van der Waals surface area contributed by atoms with E-state index in [2.05, 4.69) is 5.32 Å². The minimum absolute atomic E-state index is 0.295. The molecule has 0 radical (unpaired) electrons. The van der Waals surface area contributed by atoms with Crippen molar-refractivity contribution in [1.29, 1.82) is 0 Å². The number of anilines is 1. The molecule has 17 heavy (non-hydrogen) atoms. The van der Waals surface area contributed by atoms with E-state index in [1.165, 1.54) is 6.07 Å². The van der Waals surface area contributed by atoms with E-state index in [0.717, 1.165) is 22.2 Å². The molecule has 3 heteroatoms. The maximum atomic E-state index is 11.3. The zero-order valence-electron chi connectivity index (χ0n) is 11.0. The van der Waals surface area contributed by atoms with Gasteiger partial charge in [0.05, 0.1) is 0 Å². The van der Waals surface area contributed by atoms with Crippen molar-refractivity contribution in [3.05, 3.63) is 39.7 Å². The summed E-state index contributed by atoms with van der Waals surface area (Å²) >= 11 is 0. The lowest BCUT2D eigenvalue weighted by atomic mass is 10.1. The van der Waals surface area contributed by atoms with E-state index in [4.69, 9.17) is 4.42 Å². The predicted octanol–water partition coefficient (Wildman–Crippen LogP) is 3.48. The Kier molecular flexibility index (Phi) is 4.32. The highest BCUT2D eigenvalue weighted by molar-refractivity contribution is 5.87. The standard InChI is InChI=1S/C12H13NO2.C2H6/c1-7-6-11(14)15-12-8(2)10(13-3)5-4-9(7)12;1-2/h4-6,13H,1-3H3;1-2H3. The summed E-state index contributed by atoms with van der Waals surface area (Å²) < 4.78 is 5.22. The molecule has 0 aliphatic carbocycles. The molecule has 0 amide bonds. The Hall–Kier alpha value is -1.77. The molecule has 0 atom stereocenters. The first-order chi connectivity index (χ1) is 8.13. The van der Waals surface area contributed by atoms with Crippen LogP contribution >= 0.6 is 0 Å². The van der Waals surface area contributed by atoms with Gasteiger partial charge in [0.15, 0.2) is 0 Å². The van der Waals surface area contributed by atoms with E-state index in [1.807, 2.05) is 46.9 Å². The quantitative estimate of drug-likeness (QED) is 0.767. The first kappa shape index (κ1) is 13.3. The normalized spacial score (nSPS) is 9.71. The van der Waals surface area contributed by atoms with Crippen LogP contribution in [0.4, 0.5) is 5.69 Å². The second-order valence-electron chi connectivity index (χ2n) is 3.61. The summed E-state index contributed by atoms with van der Waals surface area (Å²) in [7, 11) is 1.85. The molecule has 0 saturated carbocycles. The van der Waals surface area contributed by atoms with Crippen molar-refractivity contribution in [2.24, 2.45) is 0 Å². The van der Waals surface area contributed by atoms with Crippen LogP contribution in [0, 0.1) is 13.8 Å². The Bertz CT molecular complexity index is 570. The van der Waals surface area contributed by atoms with Gasteiger partial charge < -0.3 is 9.73 Å². The van der Waals surface area contributed by atoms with Crippen molar-refractivity contribution < 1.29 is 4.42 Å². The molecule has 3 nitrogen and oxygen atoms in total. The van der Waals surface area contributed by atoms with Gasteiger partial charge >= 0.3 is 5.63 Å². The summed E-state index contributed by atoms with van der Waals surface area (Å²) in [4.78, 5) is 11.3. The average molecular weight is 233 g/mol. The number of nitrogens with one attached hydrogen (secondary N) is 1. The second-order valence-corrected chi connectivity index (χ2v) is 3.61. The number of hydrogen-bond donors (Lipinski definition) is 1. The van der Waals surface area contributed by atoms with Gasteiger partial charge in [0.2, 0.25) is 0 Å². The third-order valence-electron chi connectivity index (χ3n) is 2.64. The molecule has 0 unspecified atom stereocenters. The third kappa shape index (κ3) is 2.49. The van der Waals surface area contributed by atoms with Crippen molar-refractivity contribution in [3.63, 3.8) is 0 Å². The van der Waals surface area contributed by atoms with Crippen LogP contribution in [0.5, 0.6) is 0 Å². The van der Waals surface area contributed by atoms with E-state index in [1.54, 1.807) is 0 Å². The summed E-state index contributed by atoms with van der Waals surface area (Å²) in [5.41, 5.74) is 3.28. The Morgan fingerprint density at radius 1 is 1.18 bits per heavy atom. The van der Waals surface area contributed by atoms with Crippen LogP contribution in [0.1, 0.15) is 25.0 Å². The van der Waals surface area contributed by atoms with Gasteiger partial charge in [0, 0.05) is 29.8 Å². The fraction of sp³-hybridized carbons (Fsp3) is 0.357. The Morgan fingerprint density at radius 2 is 1.82 bits per heavy atom. The Morgan fingerprint density at radius 3 is 2.41 bits per heavy atom. The van der Waals surface area contributed by atoms with Crippen molar-refractivity contribution >= 4 is 16.7 Å². The molecule has 0 spiro atoms. The van der Waals surface area contributed by atoms with Gasteiger partial charge in [-0.3, -0.25) is 0 Å². The fourth-order valence-electron chi connectivity index (χ4n) is 1.79. The van der Waals surface area contributed by atoms with Gasteiger partial charge in [-0.2, -0.15) is 0 Å². The summed E-state index contributed by atoms with van der Waals surface area (Å²) in [6.45, 7) is 7.86. The SMILES string of the molecule is CC.CNc1ccc2c(C)cc(=O)oc2c1C. The van der Waals surface area contributed by atoms with E-state index in [0.29, 0.717) is 5.58 Å². The first-order valence-corrected chi connectivity index (χ1v) is 5.85. The molecule has 0 aliphatic heterocycles. The molecule has 1 aromatic heterocycles. The fourth-order valence-corrected chi connectivity index (χ4v) is 1.79. The van der Waals surface area contributed by atoms with Gasteiger partial charge in [-0.05, 0) is 31.5 Å². The van der Waals surface area contributed by atoms with Gasteiger partial charge in [-0.15, -0.1) is 0 Å². The minimum Gasteiger partial charge on any atom is -0.422 e. The number of aryl methyl sites for hydroxylation is 2. The molecule has 1 aromatic carbocycles. The summed E-state index contributed by atoms with van der Waals surface area (Å²) in [5.74, 6) is 0. The van der Waals surface area contributed by atoms with Crippen molar-refractivity contribution in [3.8, 4) is 0 Å². The lowest BCUT2D eigenvalue weighted by Gasteiger charge is -2.08. The highest BCUT2D eigenvalue weighted by Gasteiger charge is 2.07. The van der Waals surface area contributed by atoms with Crippen molar-refractivity contribution in [2.75, 3.05) is 12.4 Å². The molecule has 2 rings (SSSR count). The predicted molar refractivity (Wildman–Crippen MR) is 72.9 cm³/mol. The highest BCUT2D eigenvalue weighted by atomic mass is 16.4. The third-order valence-corrected chi connectivity index (χ3v) is 2.64. The monoisotopic (exact) mass is 233 g/mol. The molecular formula is C14H19NO2. The minimum atomic E-state index is -0.295. The summed E-state index contributed by atoms with van der Waals surface area (Å²) in [6, 6.07) is 5.47. The maximum absolute atomic E-state index is 11.3. The number of fused-ring (bicyclic) bond motifs is 1. The second kappa shape index (κ2) is 5.53. The molecule has 0 aliphatic rings. The first-order valence-electron chi connectivity index (χ1n) is 5.85. The van der Waals surface area contributed by atoms with Crippen molar-refractivity contribution in [2.45, 2.75) is 27.7 Å². The van der Waals surface area contributed by atoms with Gasteiger partial charge in [-0.25, -0.2) is 4.79 Å². The van der Waals surface area contributed by atoms with Crippen LogP contribution < -0.4 is 10.9 Å². The molecular weight excluding hydrogens is 214 g/mol. The van der Waals surface area contributed by atoms with Gasteiger partial charge in [0.1, 0.15) is 5.58 Å². The molecule has 1 heterocycles. The number of benzene rings is 1. The number of rotatable bonds is 1. The molecule has 1 N–H and O–H groups in total. The highest BCUT2D eigenvalue weighted by Crippen LogP contribution is 2.25. The Labute approximate surface area is 101 Å². The average Bonchev–Trinajstić information content (AvgIpc) is 2.33. The molecule has 0 fully saturated rings. The zero-order chi connectivity index (χ0) is 13.0. The van der Waals surface area contributed by atoms with E-state index in [9.17, 15) is 4.79 Å². The number of hydrogen-bond acceptors (Lipinski definition) is 3. The van der Waals surface area contributed by atoms with Crippen LogP contribution in [0.2, 0.25) is 0 Å². The Balaban J connectivity index is 0.000000686. The maximum Gasteiger partial charge on any atom is 0.336 e. The molecule has 0 saturated heterocycles. The van der Waals surface area contributed by atoms with Gasteiger partial charge in [-0.1, -0.05) is 13.8 Å². The van der Waals surface area contributed by atoms with Crippen LogP contribution in [-0.2, 0) is 0 Å². The van der Waals surface area contributed by atoms with Crippen LogP contribution in [0.15, 0.2) is 27.4 Å². The van der Waals surface area contributed by atoms with Gasteiger partial charge in [0.25, 0.3) is 0 Å². The summed E-state index contributed by atoms with van der Waals surface area (Å²) in [6.07, 6.45) is 0. The van der Waals surface area contributed by atoms with Crippen LogP contribution in [-0.4, -0.2) is 7.05 Å². The van der Waals surface area contributed by atoms with E-state index >= 15 is 0 Å². The summed E-state index contributed by atoms with van der Waals surface area (Å²) in [5, 5.41) is 4.06. The largest absolute Gasteiger partial charge is 0.422 e. The lowest BCUT2D eigenvalue weighted by molar-refractivity contribution is 0.558. The molecule has 92 valence electrons. The van der Waals surface area contributed by atoms with Crippen LogP contribution in [0.3, 0.4) is 0 Å². The van der Waals surface area contributed by atoms with E-state index < -0.39 is 0 Å². The van der Waals surface area contributed by atoms with Crippen LogP contribution in [0.25, 0.3) is 11.0 Å². The topological polar surface area (TPSA) is 42.2 Å². The smallest absolute Gasteiger partial charge is 0.336 e. The molecule has 0 bridgehead atoms. The molecule has 2 aromatic rings.